The van der Waals surface area contributed by atoms with Crippen molar-refractivity contribution in [2.75, 3.05) is 18.5 Å². The second-order valence-corrected chi connectivity index (χ2v) is 3.61. The van der Waals surface area contributed by atoms with Crippen molar-refractivity contribution in [3.05, 3.63) is 24.4 Å². The fraction of sp³-hybridized carbons (Fsp3) is 0.455. The molecule has 0 bridgehead atoms. The number of aromatic nitrogens is 5. The van der Waals surface area contributed by atoms with Crippen molar-refractivity contribution in [2.24, 2.45) is 0 Å². The normalized spacial score (nSPS) is 10.3. The maximum absolute atomic E-state index is 5.30. The standard InChI is InChI=1S/C11H16N6O/c1-2-18-10-5-7-13-11(16-10)12-6-3-4-9-14-8-15-17-9/h5,7-8H,2-4,6H2,1H3,(H,12,13,16)(H,14,15,17). The number of aryl methyl sites for hydroxylation is 1. The van der Waals surface area contributed by atoms with Crippen molar-refractivity contribution < 1.29 is 4.74 Å². The van der Waals surface area contributed by atoms with Crippen LogP contribution in [0.2, 0.25) is 0 Å². The quantitative estimate of drug-likeness (QED) is 0.712. The molecule has 0 spiro atoms. The van der Waals surface area contributed by atoms with Gasteiger partial charge in [-0.05, 0) is 13.3 Å². The summed E-state index contributed by atoms with van der Waals surface area (Å²) in [6, 6.07) is 1.74. The van der Waals surface area contributed by atoms with E-state index in [1.54, 1.807) is 12.3 Å². The summed E-state index contributed by atoms with van der Waals surface area (Å²) in [4.78, 5) is 12.4. The predicted octanol–water partition coefficient (Wildman–Crippen LogP) is 1.04. The highest BCUT2D eigenvalue weighted by molar-refractivity contribution is 5.27. The Kier molecular flexibility index (Phi) is 4.46. The van der Waals surface area contributed by atoms with Gasteiger partial charge in [0.1, 0.15) is 12.2 Å². The molecule has 7 heteroatoms. The summed E-state index contributed by atoms with van der Waals surface area (Å²) < 4.78 is 5.30. The van der Waals surface area contributed by atoms with Crippen molar-refractivity contribution in [3.8, 4) is 5.88 Å². The van der Waals surface area contributed by atoms with Gasteiger partial charge in [-0.3, -0.25) is 5.10 Å². The van der Waals surface area contributed by atoms with Gasteiger partial charge in [-0.1, -0.05) is 0 Å². The predicted molar refractivity (Wildman–Crippen MR) is 66.4 cm³/mol. The molecule has 0 fully saturated rings. The molecule has 0 aliphatic carbocycles. The van der Waals surface area contributed by atoms with E-state index in [-0.39, 0.29) is 0 Å². The van der Waals surface area contributed by atoms with Crippen LogP contribution in [-0.2, 0) is 6.42 Å². The monoisotopic (exact) mass is 248 g/mol. The number of anilines is 1. The smallest absolute Gasteiger partial charge is 0.225 e. The molecule has 7 nitrogen and oxygen atoms in total. The van der Waals surface area contributed by atoms with Gasteiger partial charge in [0.05, 0.1) is 6.61 Å². The third kappa shape index (κ3) is 3.69. The fourth-order valence-electron chi connectivity index (χ4n) is 1.46. The minimum absolute atomic E-state index is 0.582. The van der Waals surface area contributed by atoms with Gasteiger partial charge in [0.2, 0.25) is 11.8 Å². The number of rotatable bonds is 7. The molecule has 2 aromatic rings. The lowest BCUT2D eigenvalue weighted by Gasteiger charge is -2.05. The van der Waals surface area contributed by atoms with E-state index in [0.29, 0.717) is 18.4 Å². The maximum Gasteiger partial charge on any atom is 0.225 e. The van der Waals surface area contributed by atoms with Crippen LogP contribution in [0, 0.1) is 0 Å². The highest BCUT2D eigenvalue weighted by Crippen LogP contribution is 2.08. The second-order valence-electron chi connectivity index (χ2n) is 3.61. The van der Waals surface area contributed by atoms with Crippen LogP contribution < -0.4 is 10.1 Å². The van der Waals surface area contributed by atoms with E-state index >= 15 is 0 Å². The zero-order chi connectivity index (χ0) is 12.6. The van der Waals surface area contributed by atoms with Gasteiger partial charge >= 0.3 is 0 Å². The number of nitrogens with one attached hydrogen (secondary N) is 2. The minimum atomic E-state index is 0.582. The highest BCUT2D eigenvalue weighted by atomic mass is 16.5. The van der Waals surface area contributed by atoms with Crippen LogP contribution in [0.15, 0.2) is 18.6 Å². The number of hydrogen-bond acceptors (Lipinski definition) is 6. The van der Waals surface area contributed by atoms with E-state index in [4.69, 9.17) is 4.74 Å². The van der Waals surface area contributed by atoms with Crippen molar-refractivity contribution >= 4 is 5.95 Å². The zero-order valence-corrected chi connectivity index (χ0v) is 10.3. The third-order valence-electron chi connectivity index (χ3n) is 2.26. The Balaban J connectivity index is 1.74. The molecule has 0 radical (unpaired) electrons. The lowest BCUT2D eigenvalue weighted by molar-refractivity contribution is 0.326. The summed E-state index contributed by atoms with van der Waals surface area (Å²) in [7, 11) is 0. The van der Waals surface area contributed by atoms with Crippen LogP contribution in [0.5, 0.6) is 5.88 Å². The van der Waals surface area contributed by atoms with E-state index in [2.05, 4.69) is 30.5 Å². The van der Waals surface area contributed by atoms with E-state index in [1.165, 1.54) is 6.33 Å². The molecule has 0 saturated carbocycles. The highest BCUT2D eigenvalue weighted by Gasteiger charge is 2.00. The topological polar surface area (TPSA) is 88.6 Å². The Bertz CT molecular complexity index is 458. The van der Waals surface area contributed by atoms with Crippen LogP contribution >= 0.6 is 0 Å². The number of hydrogen-bond donors (Lipinski definition) is 2. The molecule has 2 rings (SSSR count). The Labute approximate surface area is 105 Å². The lowest BCUT2D eigenvalue weighted by atomic mass is 10.3. The van der Waals surface area contributed by atoms with Crippen molar-refractivity contribution in [1.82, 2.24) is 25.1 Å². The van der Waals surface area contributed by atoms with Gasteiger partial charge in [-0.15, -0.1) is 0 Å². The molecule has 0 saturated heterocycles. The van der Waals surface area contributed by atoms with Crippen molar-refractivity contribution in [3.63, 3.8) is 0 Å². The Morgan fingerprint density at radius 1 is 1.39 bits per heavy atom. The first-order valence-corrected chi connectivity index (χ1v) is 5.92. The molecule has 0 aromatic carbocycles. The van der Waals surface area contributed by atoms with Crippen LogP contribution in [-0.4, -0.2) is 38.3 Å². The molecule has 0 unspecified atom stereocenters. The van der Waals surface area contributed by atoms with Crippen molar-refractivity contribution in [2.45, 2.75) is 19.8 Å². The van der Waals surface area contributed by atoms with Gasteiger partial charge < -0.3 is 10.1 Å². The van der Waals surface area contributed by atoms with Crippen LogP contribution in [0.4, 0.5) is 5.95 Å². The molecule has 2 heterocycles. The van der Waals surface area contributed by atoms with Gasteiger partial charge in [0.25, 0.3) is 0 Å². The molecule has 0 amide bonds. The van der Waals surface area contributed by atoms with Crippen molar-refractivity contribution in [1.29, 1.82) is 0 Å². The first-order chi connectivity index (χ1) is 8.88. The lowest BCUT2D eigenvalue weighted by Crippen LogP contribution is -2.07. The van der Waals surface area contributed by atoms with E-state index < -0.39 is 0 Å². The summed E-state index contributed by atoms with van der Waals surface area (Å²) in [6.45, 7) is 3.30. The van der Waals surface area contributed by atoms with Gasteiger partial charge in [-0.2, -0.15) is 10.1 Å². The molecule has 0 aliphatic heterocycles. The van der Waals surface area contributed by atoms with Gasteiger partial charge in [0, 0.05) is 25.2 Å². The molecule has 2 N–H and O–H groups in total. The molecule has 96 valence electrons. The largest absolute Gasteiger partial charge is 0.478 e. The molecular weight excluding hydrogens is 232 g/mol. The SMILES string of the molecule is CCOc1ccnc(NCCCc2ncn[nH]2)n1. The van der Waals surface area contributed by atoms with Gasteiger partial charge in [-0.25, -0.2) is 9.97 Å². The first kappa shape index (κ1) is 12.3. The summed E-state index contributed by atoms with van der Waals surface area (Å²) in [5.41, 5.74) is 0. The maximum atomic E-state index is 5.30. The van der Waals surface area contributed by atoms with Gasteiger partial charge in [0.15, 0.2) is 0 Å². The number of H-pyrrole nitrogens is 1. The Morgan fingerprint density at radius 2 is 2.33 bits per heavy atom. The molecule has 18 heavy (non-hydrogen) atoms. The Morgan fingerprint density at radius 3 is 3.11 bits per heavy atom. The third-order valence-corrected chi connectivity index (χ3v) is 2.26. The molecule has 0 atom stereocenters. The summed E-state index contributed by atoms with van der Waals surface area (Å²) in [6.07, 6.45) is 4.96. The molecule has 2 aromatic heterocycles. The number of nitrogens with zero attached hydrogens (tertiary/aromatic N) is 4. The fourth-order valence-corrected chi connectivity index (χ4v) is 1.46. The summed E-state index contributed by atoms with van der Waals surface area (Å²) in [5, 5.41) is 9.76. The Hall–Kier alpha value is -2.18. The average molecular weight is 248 g/mol. The summed E-state index contributed by atoms with van der Waals surface area (Å²) >= 11 is 0. The summed E-state index contributed by atoms with van der Waals surface area (Å²) in [5.74, 6) is 2.06. The molecular formula is C11H16N6O. The van der Waals surface area contributed by atoms with E-state index in [1.807, 2.05) is 6.92 Å². The van der Waals surface area contributed by atoms with Crippen LogP contribution in [0.25, 0.3) is 0 Å². The number of aromatic amines is 1. The second kappa shape index (κ2) is 6.53. The average Bonchev–Trinajstić information content (AvgIpc) is 2.89. The van der Waals surface area contributed by atoms with E-state index in [0.717, 1.165) is 25.2 Å². The van der Waals surface area contributed by atoms with Crippen LogP contribution in [0.3, 0.4) is 0 Å². The molecule has 0 aliphatic rings. The zero-order valence-electron chi connectivity index (χ0n) is 10.3. The first-order valence-electron chi connectivity index (χ1n) is 5.92. The van der Waals surface area contributed by atoms with E-state index in [9.17, 15) is 0 Å². The van der Waals surface area contributed by atoms with Crippen LogP contribution in [0.1, 0.15) is 19.2 Å². The minimum Gasteiger partial charge on any atom is -0.478 e. The number of ether oxygens (including phenoxy) is 1.